The summed E-state index contributed by atoms with van der Waals surface area (Å²) in [5, 5.41) is 22.8. The number of hydrogen-bond donors (Lipinski definition) is 3. The highest BCUT2D eigenvalue weighted by molar-refractivity contribution is 4.79. The van der Waals surface area contributed by atoms with Crippen molar-refractivity contribution < 1.29 is 10.2 Å². The summed E-state index contributed by atoms with van der Waals surface area (Å²) in [6.07, 6.45) is 6.10. The molecule has 1 saturated carbocycles. The third-order valence-electron chi connectivity index (χ3n) is 3.12. The molecule has 0 aliphatic heterocycles. The van der Waals surface area contributed by atoms with Gasteiger partial charge in [0.2, 0.25) is 0 Å². The second-order valence-corrected chi connectivity index (χ2v) is 5.33. The molecule has 3 N–H and O–H groups in total. The van der Waals surface area contributed by atoms with E-state index < -0.39 is 5.60 Å². The van der Waals surface area contributed by atoms with E-state index in [-0.39, 0.29) is 12.1 Å². The van der Waals surface area contributed by atoms with Gasteiger partial charge in [0.05, 0.1) is 11.7 Å². The van der Waals surface area contributed by atoms with E-state index >= 15 is 0 Å². The Balaban J connectivity index is 2.23. The van der Waals surface area contributed by atoms with Gasteiger partial charge in [-0.3, -0.25) is 0 Å². The second kappa shape index (κ2) is 5.83. The van der Waals surface area contributed by atoms with Gasteiger partial charge in [-0.25, -0.2) is 0 Å². The summed E-state index contributed by atoms with van der Waals surface area (Å²) in [6.45, 7) is 4.42. The van der Waals surface area contributed by atoms with Crippen LogP contribution in [0.2, 0.25) is 0 Å². The molecule has 0 aromatic carbocycles. The zero-order valence-electron chi connectivity index (χ0n) is 10.00. The predicted octanol–water partition coefficient (Wildman–Crippen LogP) is 1.43. The van der Waals surface area contributed by atoms with Gasteiger partial charge in [-0.05, 0) is 39.7 Å². The van der Waals surface area contributed by atoms with Gasteiger partial charge in [0.15, 0.2) is 0 Å². The molecule has 3 heteroatoms. The number of aliphatic hydroxyl groups is 2. The summed E-state index contributed by atoms with van der Waals surface area (Å²) in [5.74, 6) is 0. The molecule has 0 aromatic heterocycles. The molecule has 0 bridgehead atoms. The molecular weight excluding hydrogens is 190 g/mol. The highest BCUT2D eigenvalue weighted by atomic mass is 16.3. The average Bonchev–Trinajstić information content (AvgIpc) is 2.30. The van der Waals surface area contributed by atoms with Gasteiger partial charge in [-0.15, -0.1) is 0 Å². The highest BCUT2D eigenvalue weighted by Gasteiger charge is 2.21. The average molecular weight is 215 g/mol. The first-order valence-electron chi connectivity index (χ1n) is 6.13. The Hall–Kier alpha value is -0.120. The van der Waals surface area contributed by atoms with Crippen molar-refractivity contribution >= 4 is 0 Å². The van der Waals surface area contributed by atoms with Gasteiger partial charge in [0, 0.05) is 6.04 Å². The summed E-state index contributed by atoms with van der Waals surface area (Å²) < 4.78 is 0. The first-order chi connectivity index (χ1) is 6.99. The van der Waals surface area contributed by atoms with Crippen LogP contribution in [-0.4, -0.2) is 34.5 Å². The van der Waals surface area contributed by atoms with Crippen molar-refractivity contribution in [3.05, 3.63) is 0 Å². The lowest BCUT2D eigenvalue weighted by Gasteiger charge is -2.24. The molecule has 1 rings (SSSR count). The van der Waals surface area contributed by atoms with Crippen LogP contribution in [0.25, 0.3) is 0 Å². The van der Waals surface area contributed by atoms with Crippen molar-refractivity contribution in [2.24, 2.45) is 0 Å². The van der Waals surface area contributed by atoms with Crippen molar-refractivity contribution in [1.29, 1.82) is 0 Å². The Bertz CT molecular complexity index is 177. The smallest absolute Gasteiger partial charge is 0.0693 e. The summed E-state index contributed by atoms with van der Waals surface area (Å²) in [7, 11) is 0. The van der Waals surface area contributed by atoms with Crippen LogP contribution in [0.4, 0.5) is 0 Å². The van der Waals surface area contributed by atoms with Crippen molar-refractivity contribution in [2.45, 2.75) is 70.1 Å². The fourth-order valence-electron chi connectivity index (χ4n) is 2.09. The largest absolute Gasteiger partial charge is 0.392 e. The van der Waals surface area contributed by atoms with Crippen LogP contribution in [-0.2, 0) is 0 Å². The van der Waals surface area contributed by atoms with Crippen LogP contribution in [0.5, 0.6) is 0 Å². The van der Waals surface area contributed by atoms with E-state index in [0.29, 0.717) is 0 Å². The molecule has 1 aliphatic rings. The van der Waals surface area contributed by atoms with Gasteiger partial charge in [0.1, 0.15) is 0 Å². The fraction of sp³-hybridized carbons (Fsp3) is 1.00. The van der Waals surface area contributed by atoms with Gasteiger partial charge in [0.25, 0.3) is 0 Å². The summed E-state index contributed by atoms with van der Waals surface area (Å²) >= 11 is 0. The van der Waals surface area contributed by atoms with E-state index in [1.54, 1.807) is 0 Å². The second-order valence-electron chi connectivity index (χ2n) is 5.33. The van der Waals surface area contributed by atoms with Gasteiger partial charge < -0.3 is 15.5 Å². The lowest BCUT2D eigenvalue weighted by molar-refractivity contribution is 0.0649. The van der Waals surface area contributed by atoms with Crippen LogP contribution in [0, 0.1) is 0 Å². The molecular formula is C12H25NO2. The maximum Gasteiger partial charge on any atom is 0.0693 e. The third kappa shape index (κ3) is 5.50. The summed E-state index contributed by atoms with van der Waals surface area (Å²) in [4.78, 5) is 0. The molecule has 3 nitrogen and oxygen atoms in total. The lowest BCUT2D eigenvalue weighted by Crippen LogP contribution is -2.41. The summed E-state index contributed by atoms with van der Waals surface area (Å²) in [5.41, 5.74) is -0.608. The normalized spacial score (nSPS) is 28.8. The number of hydrogen-bond acceptors (Lipinski definition) is 3. The highest BCUT2D eigenvalue weighted by Crippen LogP contribution is 2.18. The van der Waals surface area contributed by atoms with E-state index in [9.17, 15) is 10.2 Å². The van der Waals surface area contributed by atoms with Crippen molar-refractivity contribution in [2.75, 3.05) is 6.54 Å². The zero-order valence-corrected chi connectivity index (χ0v) is 10.00. The van der Waals surface area contributed by atoms with Crippen LogP contribution < -0.4 is 5.32 Å². The minimum absolute atomic E-state index is 0.200. The first kappa shape index (κ1) is 12.9. The minimum Gasteiger partial charge on any atom is -0.392 e. The van der Waals surface area contributed by atoms with Crippen LogP contribution in [0.3, 0.4) is 0 Å². The molecule has 0 saturated heterocycles. The Kier molecular flexibility index (Phi) is 5.03. The maximum absolute atomic E-state index is 9.85. The van der Waals surface area contributed by atoms with E-state index in [2.05, 4.69) is 5.32 Å². The molecule has 1 aliphatic carbocycles. The molecule has 0 amide bonds. The van der Waals surface area contributed by atoms with Crippen molar-refractivity contribution in [3.63, 3.8) is 0 Å². The number of aliphatic hydroxyl groups excluding tert-OH is 1. The van der Waals surface area contributed by atoms with E-state index in [4.69, 9.17) is 0 Å². The molecule has 15 heavy (non-hydrogen) atoms. The topological polar surface area (TPSA) is 52.5 Å². The van der Waals surface area contributed by atoms with Crippen LogP contribution in [0.15, 0.2) is 0 Å². The van der Waals surface area contributed by atoms with Gasteiger partial charge in [-0.1, -0.05) is 19.3 Å². The van der Waals surface area contributed by atoms with Crippen LogP contribution in [0.1, 0.15) is 52.4 Å². The summed E-state index contributed by atoms with van der Waals surface area (Å²) in [6, 6.07) is 0.231. The van der Waals surface area contributed by atoms with Crippen LogP contribution >= 0.6 is 0 Å². The standard InChI is InChI=1S/C12H25NO2/c1-12(2,15)8-9-13-10-6-4-3-5-7-11(10)14/h10-11,13-15H,3-9H2,1-2H3. The molecule has 2 atom stereocenters. The van der Waals surface area contributed by atoms with Crippen molar-refractivity contribution in [3.8, 4) is 0 Å². The van der Waals surface area contributed by atoms with Crippen molar-refractivity contribution in [1.82, 2.24) is 5.32 Å². The number of rotatable bonds is 4. The molecule has 90 valence electrons. The molecule has 0 aromatic rings. The fourth-order valence-corrected chi connectivity index (χ4v) is 2.09. The Morgan fingerprint density at radius 3 is 2.53 bits per heavy atom. The van der Waals surface area contributed by atoms with Gasteiger partial charge in [-0.2, -0.15) is 0 Å². The van der Waals surface area contributed by atoms with E-state index in [1.165, 1.54) is 12.8 Å². The Morgan fingerprint density at radius 1 is 1.20 bits per heavy atom. The Labute approximate surface area is 92.9 Å². The zero-order chi connectivity index (χ0) is 11.3. The predicted molar refractivity (Wildman–Crippen MR) is 61.8 cm³/mol. The lowest BCUT2D eigenvalue weighted by atomic mass is 10.0. The molecule has 1 fully saturated rings. The first-order valence-corrected chi connectivity index (χ1v) is 6.13. The molecule has 0 radical (unpaired) electrons. The quantitative estimate of drug-likeness (QED) is 0.622. The van der Waals surface area contributed by atoms with E-state index in [1.807, 2.05) is 13.8 Å². The SMILES string of the molecule is CC(C)(O)CCNC1CCCCCC1O. The maximum atomic E-state index is 9.85. The molecule has 2 unspecified atom stereocenters. The minimum atomic E-state index is -0.608. The van der Waals surface area contributed by atoms with E-state index in [0.717, 1.165) is 32.2 Å². The Morgan fingerprint density at radius 2 is 1.87 bits per heavy atom. The molecule has 0 spiro atoms. The van der Waals surface area contributed by atoms with Gasteiger partial charge >= 0.3 is 0 Å². The third-order valence-corrected chi connectivity index (χ3v) is 3.12. The number of nitrogens with one attached hydrogen (secondary N) is 1. The monoisotopic (exact) mass is 215 g/mol. The molecule has 0 heterocycles.